The van der Waals surface area contributed by atoms with Gasteiger partial charge in [-0.3, -0.25) is 0 Å². The van der Waals surface area contributed by atoms with Crippen molar-refractivity contribution in [3.63, 3.8) is 0 Å². The topological polar surface area (TPSA) is 172 Å². The number of halogens is 15. The largest absolute Gasteiger partial charge is 3.00 e. The van der Waals surface area contributed by atoms with Crippen LogP contribution in [0.25, 0.3) is 0 Å². The predicted octanol–water partition coefficient (Wildman–Crippen LogP) is 2.06. The molecule has 0 saturated carbocycles. The van der Waals surface area contributed by atoms with Crippen LogP contribution in [-0.2, 0) is 50.5 Å². The number of alkyl halides is 15. The van der Waals surface area contributed by atoms with Crippen molar-refractivity contribution >= 4 is 30.4 Å². The molecule has 0 aromatic carbocycles. The van der Waals surface area contributed by atoms with E-state index in [9.17, 15) is 105 Å². The molecule has 28 heteroatoms. The van der Waals surface area contributed by atoms with Gasteiger partial charge in [0.25, 0.3) is 0 Å². The Bertz CT molecular complexity index is 846. The average Bonchev–Trinajstić information content (AvgIpc) is 2.41. The molecular formula is C6F15IrO9S3. The van der Waals surface area contributed by atoms with E-state index in [0.29, 0.717) is 0 Å². The zero-order valence-electron chi connectivity index (χ0n) is 13.9. The molecule has 0 bridgehead atoms. The van der Waals surface area contributed by atoms with Crippen molar-refractivity contribution in [2.75, 3.05) is 0 Å². The Morgan fingerprint density at radius 3 is 0.441 bits per heavy atom. The summed E-state index contributed by atoms with van der Waals surface area (Å²) in [5.74, 6) is 0. The predicted molar refractivity (Wildman–Crippen MR) is 62.1 cm³/mol. The van der Waals surface area contributed by atoms with Gasteiger partial charge in [0.15, 0.2) is 30.4 Å². The summed E-state index contributed by atoms with van der Waals surface area (Å²) in [5, 5.41) is -18.6. The van der Waals surface area contributed by atoms with Crippen molar-refractivity contribution in [3.05, 3.63) is 0 Å². The van der Waals surface area contributed by atoms with Crippen molar-refractivity contribution < 1.29 is 125 Å². The van der Waals surface area contributed by atoms with Gasteiger partial charge in [-0.25, -0.2) is 25.3 Å². The van der Waals surface area contributed by atoms with Crippen LogP contribution in [0.4, 0.5) is 65.9 Å². The molecule has 0 amide bonds. The Labute approximate surface area is 189 Å². The van der Waals surface area contributed by atoms with Crippen LogP contribution < -0.4 is 0 Å². The Balaban J connectivity index is -0.000000196. The maximum Gasteiger partial charge on any atom is 3.00 e. The molecule has 0 unspecified atom stereocenters. The normalized spacial score (nSPS) is 14.6. The Hall–Kier alpha value is -0.671. The van der Waals surface area contributed by atoms with Crippen LogP contribution in [-0.4, -0.2) is 73.2 Å². The third-order valence-corrected chi connectivity index (χ3v) is 4.51. The first-order valence-electron chi connectivity index (χ1n) is 5.70. The van der Waals surface area contributed by atoms with Gasteiger partial charge in [-0.1, -0.05) is 0 Å². The van der Waals surface area contributed by atoms with Gasteiger partial charge in [0.1, 0.15) is 0 Å². The van der Waals surface area contributed by atoms with Crippen molar-refractivity contribution in [2.24, 2.45) is 0 Å². The van der Waals surface area contributed by atoms with E-state index >= 15 is 0 Å². The smallest absolute Gasteiger partial charge is 0.743 e. The van der Waals surface area contributed by atoms with Crippen LogP contribution >= 0.6 is 0 Å². The first-order chi connectivity index (χ1) is 13.5. The minimum absolute atomic E-state index is 0. The van der Waals surface area contributed by atoms with E-state index in [-0.39, 0.29) is 20.1 Å². The molecule has 0 atom stereocenters. The minimum atomic E-state index is -6.67. The number of rotatable bonds is 3. The zero-order valence-corrected chi connectivity index (χ0v) is 18.7. The standard InChI is InChI=1S/3C2HF5O3S.Ir/c3*3-1(4,5)2(6,7)11(8,9)10;/h3*(H,8,9,10);/q;;;+3/p-3. The van der Waals surface area contributed by atoms with Crippen molar-refractivity contribution in [2.45, 2.75) is 34.3 Å². The fraction of sp³-hybridized carbons (Fsp3) is 1.00. The first-order valence-corrected chi connectivity index (χ1v) is 9.92. The monoisotopic (exact) mass is 790 g/mol. The van der Waals surface area contributed by atoms with Gasteiger partial charge in [-0.2, -0.15) is 65.9 Å². The molecule has 0 aromatic heterocycles. The fourth-order valence-electron chi connectivity index (χ4n) is 0.425. The van der Waals surface area contributed by atoms with E-state index in [1.54, 1.807) is 0 Å². The summed E-state index contributed by atoms with van der Waals surface area (Å²) < 4.78 is 251. The van der Waals surface area contributed by atoms with E-state index < -0.39 is 64.6 Å². The van der Waals surface area contributed by atoms with E-state index in [1.807, 2.05) is 0 Å². The SMILES string of the molecule is O=S(=O)([O-])C(F)(F)C(F)(F)F.O=S(=O)([O-])C(F)(F)C(F)(F)F.O=S(=O)([O-])C(F)(F)C(F)(F)F.[Ir+3]. The summed E-state index contributed by atoms with van der Waals surface area (Å²) in [5.41, 5.74) is 0. The van der Waals surface area contributed by atoms with E-state index in [0.717, 1.165) is 0 Å². The van der Waals surface area contributed by atoms with Crippen molar-refractivity contribution in [3.8, 4) is 0 Å². The second kappa shape index (κ2) is 11.2. The Morgan fingerprint density at radius 2 is 0.441 bits per heavy atom. The average molecular weight is 789 g/mol. The van der Waals surface area contributed by atoms with Crippen molar-refractivity contribution in [1.29, 1.82) is 0 Å². The summed E-state index contributed by atoms with van der Waals surface area (Å²) in [6.07, 6.45) is -19.1. The van der Waals surface area contributed by atoms with Crippen molar-refractivity contribution in [1.82, 2.24) is 0 Å². The summed E-state index contributed by atoms with van der Waals surface area (Å²) in [4.78, 5) is 0. The maximum atomic E-state index is 11.4. The third kappa shape index (κ3) is 10.1. The molecule has 34 heavy (non-hydrogen) atoms. The van der Waals surface area contributed by atoms with Gasteiger partial charge in [-0.05, 0) is 0 Å². The van der Waals surface area contributed by atoms with Crippen LogP contribution in [0.5, 0.6) is 0 Å². The molecule has 210 valence electrons. The summed E-state index contributed by atoms with van der Waals surface area (Å²) in [6.45, 7) is 0. The van der Waals surface area contributed by atoms with Gasteiger partial charge in [0.2, 0.25) is 0 Å². The van der Waals surface area contributed by atoms with Gasteiger partial charge in [0, 0.05) is 0 Å². The molecule has 0 rings (SSSR count). The third-order valence-electron chi connectivity index (χ3n) is 1.93. The van der Waals surface area contributed by atoms with Crippen LogP contribution in [0, 0.1) is 0 Å². The molecule has 0 aliphatic heterocycles. The van der Waals surface area contributed by atoms with Gasteiger partial charge >= 0.3 is 54.4 Å². The molecule has 0 heterocycles. The van der Waals surface area contributed by atoms with Gasteiger partial charge in [-0.15, -0.1) is 0 Å². The zero-order chi connectivity index (χ0) is 28.5. The molecule has 0 radical (unpaired) electrons. The quantitative estimate of drug-likeness (QED) is 0.307. The summed E-state index contributed by atoms with van der Waals surface area (Å²) in [6, 6.07) is 0. The van der Waals surface area contributed by atoms with Crippen LogP contribution in [0.2, 0.25) is 0 Å². The van der Waals surface area contributed by atoms with Gasteiger partial charge < -0.3 is 13.7 Å². The summed E-state index contributed by atoms with van der Waals surface area (Å²) >= 11 is 0. The molecule has 9 nitrogen and oxygen atoms in total. The fourth-order valence-corrected chi connectivity index (χ4v) is 1.28. The van der Waals surface area contributed by atoms with Crippen LogP contribution in [0.15, 0.2) is 0 Å². The minimum Gasteiger partial charge on any atom is -0.743 e. The van der Waals surface area contributed by atoms with Gasteiger partial charge in [0.05, 0.1) is 0 Å². The molecule has 0 saturated heterocycles. The molecular weight excluding hydrogens is 789 g/mol. The molecule has 0 spiro atoms. The van der Waals surface area contributed by atoms with Crippen LogP contribution in [0.1, 0.15) is 0 Å². The maximum absolute atomic E-state index is 11.4. The molecule has 0 fully saturated rings. The first kappa shape index (κ1) is 40.5. The summed E-state index contributed by atoms with van der Waals surface area (Å²) in [7, 11) is -20.0. The van der Waals surface area contributed by atoms with E-state index in [1.165, 1.54) is 0 Å². The second-order valence-electron chi connectivity index (χ2n) is 4.41. The second-order valence-corrected chi connectivity index (χ2v) is 8.67. The molecule has 0 aliphatic rings. The van der Waals surface area contributed by atoms with E-state index in [4.69, 9.17) is 0 Å². The Morgan fingerprint density at radius 1 is 0.353 bits per heavy atom. The van der Waals surface area contributed by atoms with Crippen LogP contribution in [0.3, 0.4) is 0 Å². The molecule has 0 N–H and O–H groups in total. The number of hydrogen-bond donors (Lipinski definition) is 0. The molecule has 0 aromatic rings. The Kier molecular flexibility index (Phi) is 13.3. The molecule has 0 aliphatic carbocycles. The van der Waals surface area contributed by atoms with E-state index in [2.05, 4.69) is 0 Å². The number of hydrogen-bond acceptors (Lipinski definition) is 9.